The maximum absolute atomic E-state index is 13.6. The first-order valence-corrected chi connectivity index (χ1v) is 12.6. The topological polar surface area (TPSA) is 87.4 Å². The van der Waals surface area contributed by atoms with Crippen molar-refractivity contribution in [3.8, 4) is 28.4 Å². The van der Waals surface area contributed by atoms with E-state index >= 15 is 0 Å². The maximum atomic E-state index is 13.6. The van der Waals surface area contributed by atoms with Crippen LogP contribution >= 0.6 is 23.3 Å². The van der Waals surface area contributed by atoms with E-state index in [1.807, 2.05) is 16.0 Å². The number of hydrogen-bond donors (Lipinski definition) is 3. The SMILES string of the molecule is Oc1cc(-c2nc3sccn3c2-c2ccnc(NCCNSc3ccc(C(F)(F)F)cc3)n2)ccc1F. The highest BCUT2D eigenvalue weighted by Gasteiger charge is 2.29. The van der Waals surface area contributed by atoms with Crippen LogP contribution in [0.1, 0.15) is 5.56 Å². The second-order valence-corrected chi connectivity index (χ2v) is 9.58. The van der Waals surface area contributed by atoms with Crippen LogP contribution in [-0.4, -0.2) is 37.5 Å². The van der Waals surface area contributed by atoms with E-state index in [1.165, 1.54) is 47.6 Å². The molecule has 0 atom stereocenters. The zero-order valence-corrected chi connectivity index (χ0v) is 20.5. The summed E-state index contributed by atoms with van der Waals surface area (Å²) in [5.74, 6) is -0.812. The van der Waals surface area contributed by atoms with Gasteiger partial charge in [0.15, 0.2) is 16.5 Å². The van der Waals surface area contributed by atoms with Crippen LogP contribution < -0.4 is 10.0 Å². The van der Waals surface area contributed by atoms with Crippen LogP contribution in [-0.2, 0) is 6.18 Å². The molecular formula is C24H18F4N6OS2. The van der Waals surface area contributed by atoms with Gasteiger partial charge in [-0.25, -0.2) is 19.3 Å². The fraction of sp³-hybridized carbons (Fsp3) is 0.125. The number of thiazole rings is 1. The molecule has 5 rings (SSSR count). The normalized spacial score (nSPS) is 11.8. The lowest BCUT2D eigenvalue weighted by Crippen LogP contribution is -2.17. The fourth-order valence-electron chi connectivity index (χ4n) is 3.54. The summed E-state index contributed by atoms with van der Waals surface area (Å²) >= 11 is 2.66. The summed E-state index contributed by atoms with van der Waals surface area (Å²) in [6.07, 6.45) is -0.900. The largest absolute Gasteiger partial charge is 0.505 e. The number of phenols is 1. The fourth-order valence-corrected chi connectivity index (χ4v) is 4.90. The summed E-state index contributed by atoms with van der Waals surface area (Å²) in [5.41, 5.74) is 1.65. The number of phenolic OH excluding ortho intramolecular Hbond substituents is 1. The number of benzene rings is 2. The molecule has 37 heavy (non-hydrogen) atoms. The second-order valence-electron chi connectivity index (χ2n) is 7.74. The third-order valence-corrected chi connectivity index (χ3v) is 6.87. The van der Waals surface area contributed by atoms with Crippen LogP contribution in [0.2, 0.25) is 0 Å². The zero-order chi connectivity index (χ0) is 26.0. The van der Waals surface area contributed by atoms with Crippen molar-refractivity contribution < 1.29 is 22.7 Å². The van der Waals surface area contributed by atoms with Crippen molar-refractivity contribution in [2.45, 2.75) is 11.1 Å². The molecule has 0 unspecified atom stereocenters. The van der Waals surface area contributed by atoms with Gasteiger partial charge in [0.05, 0.1) is 17.0 Å². The molecular weight excluding hydrogens is 528 g/mol. The third-order valence-electron chi connectivity index (χ3n) is 5.26. The van der Waals surface area contributed by atoms with Gasteiger partial charge in [-0.15, -0.1) is 11.3 Å². The minimum absolute atomic E-state index is 0.372. The third kappa shape index (κ3) is 5.53. The summed E-state index contributed by atoms with van der Waals surface area (Å²) in [6, 6.07) is 10.7. The van der Waals surface area contributed by atoms with Crippen molar-refractivity contribution >= 4 is 34.2 Å². The Morgan fingerprint density at radius 1 is 1.03 bits per heavy atom. The lowest BCUT2D eigenvalue weighted by atomic mass is 10.1. The van der Waals surface area contributed by atoms with Crippen LogP contribution in [0.25, 0.3) is 27.6 Å². The quantitative estimate of drug-likeness (QED) is 0.123. The van der Waals surface area contributed by atoms with Gasteiger partial charge in [0.1, 0.15) is 5.69 Å². The molecule has 0 bridgehead atoms. The monoisotopic (exact) mass is 546 g/mol. The molecule has 2 aromatic carbocycles. The van der Waals surface area contributed by atoms with Crippen LogP contribution in [0.15, 0.2) is 71.2 Å². The number of fused-ring (bicyclic) bond motifs is 1. The van der Waals surface area contributed by atoms with E-state index in [0.29, 0.717) is 51.5 Å². The molecule has 0 radical (unpaired) electrons. The number of nitrogens with zero attached hydrogens (tertiary/aromatic N) is 4. The molecule has 0 fully saturated rings. The van der Waals surface area contributed by atoms with Crippen molar-refractivity contribution in [3.05, 3.63) is 77.7 Å². The minimum atomic E-state index is -4.36. The number of imidazole rings is 1. The van der Waals surface area contributed by atoms with Crippen molar-refractivity contribution in [1.82, 2.24) is 24.1 Å². The zero-order valence-electron chi connectivity index (χ0n) is 18.8. The number of halogens is 4. The van der Waals surface area contributed by atoms with Gasteiger partial charge in [-0.3, -0.25) is 9.12 Å². The molecule has 0 spiro atoms. The lowest BCUT2D eigenvalue weighted by Gasteiger charge is -2.09. The molecule has 3 N–H and O–H groups in total. The Balaban J connectivity index is 1.26. The first-order chi connectivity index (χ1) is 17.8. The molecule has 0 saturated carbocycles. The molecule has 5 aromatic rings. The van der Waals surface area contributed by atoms with Crippen molar-refractivity contribution in [2.75, 3.05) is 18.4 Å². The van der Waals surface area contributed by atoms with E-state index in [-0.39, 0.29) is 0 Å². The average molecular weight is 547 g/mol. The summed E-state index contributed by atoms with van der Waals surface area (Å²) in [7, 11) is 0. The second kappa shape index (κ2) is 10.4. The number of hydrogen-bond acceptors (Lipinski definition) is 8. The van der Waals surface area contributed by atoms with Gasteiger partial charge < -0.3 is 10.4 Å². The first-order valence-electron chi connectivity index (χ1n) is 10.9. The Morgan fingerprint density at radius 2 is 1.84 bits per heavy atom. The Labute approximate surface area is 216 Å². The number of aromatic nitrogens is 4. The van der Waals surface area contributed by atoms with Gasteiger partial charge in [-0.05, 0) is 60.5 Å². The summed E-state index contributed by atoms with van der Waals surface area (Å²) in [4.78, 5) is 14.9. The minimum Gasteiger partial charge on any atom is -0.505 e. The Morgan fingerprint density at radius 3 is 2.59 bits per heavy atom. The van der Waals surface area contributed by atoms with E-state index in [4.69, 9.17) is 0 Å². The molecule has 190 valence electrons. The van der Waals surface area contributed by atoms with Crippen LogP contribution in [0.4, 0.5) is 23.5 Å². The van der Waals surface area contributed by atoms with Crippen LogP contribution in [0, 0.1) is 5.82 Å². The smallest absolute Gasteiger partial charge is 0.416 e. The molecule has 0 aliphatic heterocycles. The van der Waals surface area contributed by atoms with Gasteiger partial charge in [0.2, 0.25) is 5.95 Å². The number of rotatable bonds is 8. The lowest BCUT2D eigenvalue weighted by molar-refractivity contribution is -0.137. The molecule has 13 heteroatoms. The molecule has 0 saturated heterocycles. The van der Waals surface area contributed by atoms with Gasteiger partial charge in [0, 0.05) is 41.3 Å². The standard InChI is InChI=1S/C24H18F4N6OS2/c25-17-6-1-14(13-19(17)35)20-21(34-11-12-36-23(34)33-20)18-7-8-29-22(32-18)30-9-10-31-37-16-4-2-15(3-5-16)24(26,27)28/h1-8,11-13,31,35H,9-10H2,(H,29,30,32). The summed E-state index contributed by atoms with van der Waals surface area (Å²) < 4.78 is 56.6. The van der Waals surface area contributed by atoms with Crippen molar-refractivity contribution in [2.24, 2.45) is 0 Å². The van der Waals surface area contributed by atoms with E-state index in [0.717, 1.165) is 12.1 Å². The van der Waals surface area contributed by atoms with E-state index in [2.05, 4.69) is 25.0 Å². The maximum Gasteiger partial charge on any atom is 0.416 e. The number of aromatic hydroxyl groups is 1. The highest BCUT2D eigenvalue weighted by molar-refractivity contribution is 7.97. The first kappa shape index (κ1) is 25.0. The number of nitrogens with one attached hydrogen (secondary N) is 2. The highest BCUT2D eigenvalue weighted by atomic mass is 32.2. The van der Waals surface area contributed by atoms with E-state index in [1.54, 1.807) is 18.3 Å². The molecule has 3 aromatic heterocycles. The Kier molecular flexibility index (Phi) is 7.00. The van der Waals surface area contributed by atoms with Crippen molar-refractivity contribution in [3.63, 3.8) is 0 Å². The van der Waals surface area contributed by atoms with Crippen LogP contribution in [0.3, 0.4) is 0 Å². The van der Waals surface area contributed by atoms with Crippen molar-refractivity contribution in [1.29, 1.82) is 0 Å². The number of anilines is 1. The molecule has 0 amide bonds. The van der Waals surface area contributed by atoms with Gasteiger partial charge in [-0.2, -0.15) is 13.2 Å². The average Bonchev–Trinajstić information content (AvgIpc) is 3.47. The predicted molar refractivity (Wildman–Crippen MR) is 135 cm³/mol. The predicted octanol–water partition coefficient (Wildman–Crippen LogP) is 6.09. The number of alkyl halides is 3. The highest BCUT2D eigenvalue weighted by Crippen LogP contribution is 2.35. The van der Waals surface area contributed by atoms with E-state index < -0.39 is 23.3 Å². The molecule has 3 heterocycles. The molecule has 0 aliphatic carbocycles. The van der Waals surface area contributed by atoms with Gasteiger partial charge in [0.25, 0.3) is 0 Å². The van der Waals surface area contributed by atoms with Crippen LogP contribution in [0.5, 0.6) is 5.75 Å². The summed E-state index contributed by atoms with van der Waals surface area (Å²) in [6.45, 7) is 0.941. The van der Waals surface area contributed by atoms with Gasteiger partial charge >= 0.3 is 6.18 Å². The molecule has 0 aliphatic rings. The molecule has 7 nitrogen and oxygen atoms in total. The van der Waals surface area contributed by atoms with Gasteiger partial charge in [-0.1, -0.05) is 0 Å². The summed E-state index contributed by atoms with van der Waals surface area (Å²) in [5, 5.41) is 14.9. The Hall–Kier alpha value is -3.68. The van der Waals surface area contributed by atoms with E-state index in [9.17, 15) is 22.7 Å². The Bertz CT molecular complexity index is 1530.